The lowest BCUT2D eigenvalue weighted by Gasteiger charge is -2.07. The van der Waals surface area contributed by atoms with E-state index in [9.17, 15) is 9.18 Å². The summed E-state index contributed by atoms with van der Waals surface area (Å²) in [6.07, 6.45) is 0. The average molecular weight is 356 g/mol. The van der Waals surface area contributed by atoms with Crippen molar-refractivity contribution in [2.24, 2.45) is 0 Å². The summed E-state index contributed by atoms with van der Waals surface area (Å²) >= 11 is 0. The van der Waals surface area contributed by atoms with E-state index in [0.29, 0.717) is 24.6 Å². The molecule has 8 heteroatoms. The van der Waals surface area contributed by atoms with Gasteiger partial charge in [0.05, 0.1) is 5.69 Å². The van der Waals surface area contributed by atoms with Crippen molar-refractivity contribution < 1.29 is 9.18 Å². The van der Waals surface area contributed by atoms with Crippen molar-refractivity contribution in [1.29, 1.82) is 0 Å². The summed E-state index contributed by atoms with van der Waals surface area (Å²) in [4.78, 5) is 16.5. The van der Waals surface area contributed by atoms with Gasteiger partial charge in [0.1, 0.15) is 11.6 Å². The number of carbonyl (C=O) groups is 1. The summed E-state index contributed by atoms with van der Waals surface area (Å²) in [5.41, 5.74) is 0.549. The summed E-state index contributed by atoms with van der Waals surface area (Å²) in [6, 6.07) is 6.07. The quantitative estimate of drug-likeness (QED) is 0.747. The summed E-state index contributed by atoms with van der Waals surface area (Å²) in [6.45, 7) is 7.93. The Hall–Kier alpha value is -1.99. The van der Waals surface area contributed by atoms with Crippen LogP contribution in [0.4, 0.5) is 4.39 Å². The van der Waals surface area contributed by atoms with Crippen molar-refractivity contribution in [3.63, 3.8) is 0 Å². The van der Waals surface area contributed by atoms with E-state index in [1.54, 1.807) is 12.1 Å². The van der Waals surface area contributed by atoms with Crippen molar-refractivity contribution in [3.8, 4) is 5.69 Å². The van der Waals surface area contributed by atoms with Crippen molar-refractivity contribution in [2.45, 2.75) is 26.7 Å². The zero-order valence-corrected chi connectivity index (χ0v) is 14.9. The number of amides is 1. The molecule has 1 aromatic carbocycles. The van der Waals surface area contributed by atoms with Gasteiger partial charge >= 0.3 is 0 Å². The standard InChI is InChI=1S/C16H22FN5O.ClH/c1-4-18-8-9-19-16(23)14-20-15(11(2)3)22(21-14)13-7-5-6-12(17)10-13;/h5-7,10-11,18H,4,8-9H2,1-3H3,(H,19,23);1H. The summed E-state index contributed by atoms with van der Waals surface area (Å²) in [5, 5.41) is 10.1. The molecule has 2 N–H and O–H groups in total. The molecule has 0 radical (unpaired) electrons. The van der Waals surface area contributed by atoms with Crippen LogP contribution >= 0.6 is 12.4 Å². The number of hydrogen-bond acceptors (Lipinski definition) is 4. The SMILES string of the molecule is CCNCCNC(=O)c1nc(C(C)C)n(-c2cccc(F)c2)n1.Cl. The Morgan fingerprint density at radius 3 is 2.71 bits per heavy atom. The van der Waals surface area contributed by atoms with Gasteiger partial charge in [-0.15, -0.1) is 17.5 Å². The second-order valence-corrected chi connectivity index (χ2v) is 5.45. The lowest BCUT2D eigenvalue weighted by Crippen LogP contribution is -2.32. The molecule has 0 aliphatic rings. The highest BCUT2D eigenvalue weighted by Crippen LogP contribution is 2.18. The number of nitrogens with zero attached hydrogens (tertiary/aromatic N) is 3. The van der Waals surface area contributed by atoms with Crippen LogP contribution in [-0.2, 0) is 0 Å². The van der Waals surface area contributed by atoms with E-state index in [1.807, 2.05) is 20.8 Å². The van der Waals surface area contributed by atoms with Crippen LogP contribution < -0.4 is 10.6 Å². The third-order valence-corrected chi connectivity index (χ3v) is 3.24. The molecular formula is C16H23ClFN5O. The van der Waals surface area contributed by atoms with Crippen molar-refractivity contribution in [1.82, 2.24) is 25.4 Å². The molecule has 0 aliphatic carbocycles. The van der Waals surface area contributed by atoms with E-state index in [-0.39, 0.29) is 35.9 Å². The number of benzene rings is 1. The van der Waals surface area contributed by atoms with Gasteiger partial charge in [-0.1, -0.05) is 26.8 Å². The van der Waals surface area contributed by atoms with E-state index in [1.165, 1.54) is 16.8 Å². The third kappa shape index (κ3) is 5.01. The minimum absolute atomic E-state index is 0. The molecule has 24 heavy (non-hydrogen) atoms. The number of likely N-dealkylation sites (N-methyl/N-ethyl adjacent to an activating group) is 1. The van der Waals surface area contributed by atoms with Crippen molar-refractivity contribution >= 4 is 18.3 Å². The number of aromatic nitrogens is 3. The third-order valence-electron chi connectivity index (χ3n) is 3.24. The molecule has 6 nitrogen and oxygen atoms in total. The van der Waals surface area contributed by atoms with Crippen molar-refractivity contribution in [2.75, 3.05) is 19.6 Å². The highest BCUT2D eigenvalue weighted by molar-refractivity contribution is 5.90. The lowest BCUT2D eigenvalue weighted by atomic mass is 10.2. The zero-order chi connectivity index (χ0) is 16.8. The van der Waals surface area contributed by atoms with E-state index < -0.39 is 0 Å². The second kappa shape index (κ2) is 9.34. The number of carbonyl (C=O) groups excluding carboxylic acids is 1. The molecule has 0 bridgehead atoms. The molecule has 0 atom stereocenters. The normalized spacial score (nSPS) is 10.5. The molecule has 132 valence electrons. The first-order valence-corrected chi connectivity index (χ1v) is 7.74. The van der Waals surface area contributed by atoms with Gasteiger partial charge in [0.2, 0.25) is 5.82 Å². The van der Waals surface area contributed by atoms with Crippen LogP contribution in [0.2, 0.25) is 0 Å². The van der Waals surface area contributed by atoms with Gasteiger partial charge in [-0.3, -0.25) is 4.79 Å². The molecular weight excluding hydrogens is 333 g/mol. The van der Waals surface area contributed by atoms with Crippen molar-refractivity contribution in [3.05, 3.63) is 41.7 Å². The van der Waals surface area contributed by atoms with Gasteiger partial charge < -0.3 is 10.6 Å². The molecule has 1 amide bonds. The van der Waals surface area contributed by atoms with Crippen LogP contribution in [0.3, 0.4) is 0 Å². The van der Waals surface area contributed by atoms with E-state index in [4.69, 9.17) is 0 Å². The van der Waals surface area contributed by atoms with Crippen LogP contribution in [0.5, 0.6) is 0 Å². The average Bonchev–Trinajstić information content (AvgIpc) is 2.97. The Kier molecular flexibility index (Phi) is 7.81. The van der Waals surface area contributed by atoms with Crippen LogP contribution in [-0.4, -0.2) is 40.3 Å². The Morgan fingerprint density at radius 2 is 2.08 bits per heavy atom. The van der Waals surface area contributed by atoms with E-state index in [0.717, 1.165) is 6.54 Å². The molecule has 0 fully saturated rings. The predicted molar refractivity (Wildman–Crippen MR) is 93.5 cm³/mol. The summed E-state index contributed by atoms with van der Waals surface area (Å²) in [7, 11) is 0. The van der Waals surface area contributed by atoms with Crippen LogP contribution in [0.25, 0.3) is 5.69 Å². The molecule has 2 rings (SSSR count). The Balaban J connectivity index is 0.00000288. The molecule has 2 aromatic rings. The summed E-state index contributed by atoms with van der Waals surface area (Å²) < 4.78 is 15.0. The number of halogens is 2. The highest BCUT2D eigenvalue weighted by Gasteiger charge is 2.19. The molecule has 0 saturated carbocycles. The number of hydrogen-bond donors (Lipinski definition) is 2. The van der Waals surface area contributed by atoms with Crippen LogP contribution in [0.1, 0.15) is 43.1 Å². The molecule has 1 heterocycles. The van der Waals surface area contributed by atoms with Gasteiger partial charge in [-0.05, 0) is 24.7 Å². The summed E-state index contributed by atoms with van der Waals surface area (Å²) in [5.74, 6) is 0.0697. The van der Waals surface area contributed by atoms with Crippen LogP contribution in [0.15, 0.2) is 24.3 Å². The van der Waals surface area contributed by atoms with Gasteiger partial charge in [-0.25, -0.2) is 14.1 Å². The van der Waals surface area contributed by atoms with Gasteiger partial charge in [0, 0.05) is 19.0 Å². The smallest absolute Gasteiger partial charge is 0.291 e. The van der Waals surface area contributed by atoms with Crippen LogP contribution in [0, 0.1) is 5.82 Å². The Morgan fingerprint density at radius 1 is 1.33 bits per heavy atom. The Bertz CT molecular complexity index is 674. The molecule has 0 aliphatic heterocycles. The zero-order valence-electron chi connectivity index (χ0n) is 14.0. The second-order valence-electron chi connectivity index (χ2n) is 5.45. The molecule has 1 aromatic heterocycles. The largest absolute Gasteiger partial charge is 0.348 e. The first kappa shape index (κ1) is 20.1. The fraction of sp³-hybridized carbons (Fsp3) is 0.438. The highest BCUT2D eigenvalue weighted by atomic mass is 35.5. The fourth-order valence-electron chi connectivity index (χ4n) is 2.11. The molecule has 0 unspecified atom stereocenters. The maximum atomic E-state index is 13.4. The first-order valence-electron chi connectivity index (χ1n) is 7.74. The topological polar surface area (TPSA) is 71.8 Å². The van der Waals surface area contributed by atoms with Gasteiger partial charge in [0.15, 0.2) is 0 Å². The molecule has 0 saturated heterocycles. The predicted octanol–water partition coefficient (Wildman–Crippen LogP) is 2.29. The monoisotopic (exact) mass is 355 g/mol. The maximum absolute atomic E-state index is 13.4. The number of nitrogens with one attached hydrogen (secondary N) is 2. The van der Waals surface area contributed by atoms with Gasteiger partial charge in [0.25, 0.3) is 5.91 Å². The van der Waals surface area contributed by atoms with Gasteiger partial charge in [-0.2, -0.15) is 0 Å². The molecule has 0 spiro atoms. The minimum atomic E-state index is -0.357. The lowest BCUT2D eigenvalue weighted by molar-refractivity contribution is 0.0943. The van der Waals surface area contributed by atoms with E-state index >= 15 is 0 Å². The fourth-order valence-corrected chi connectivity index (χ4v) is 2.11. The Labute approximate surface area is 147 Å². The number of rotatable bonds is 7. The first-order chi connectivity index (χ1) is 11.0. The van der Waals surface area contributed by atoms with E-state index in [2.05, 4.69) is 20.7 Å². The maximum Gasteiger partial charge on any atom is 0.291 e. The minimum Gasteiger partial charge on any atom is -0.348 e.